The number of hydrogen-bond acceptors (Lipinski definition) is 1. The van der Waals surface area contributed by atoms with Crippen LogP contribution in [0.1, 0.15) is 120 Å². The molecule has 4 unspecified atom stereocenters. The Morgan fingerprint density at radius 1 is 0.742 bits per heavy atom. The highest BCUT2D eigenvalue weighted by molar-refractivity contribution is 5.30. The molecule has 5 rings (SSSR count). The highest BCUT2D eigenvalue weighted by atomic mass is 16.3. The van der Waals surface area contributed by atoms with Crippen LogP contribution in [0, 0.1) is 50.2 Å². The van der Waals surface area contributed by atoms with E-state index < -0.39 is 0 Å². The third-order valence-electron chi connectivity index (χ3n) is 13.1. The summed E-state index contributed by atoms with van der Waals surface area (Å²) in [5.41, 5.74) is 3.96. The molecule has 0 bridgehead atoms. The predicted octanol–water partition coefficient (Wildman–Crippen LogP) is 8.17. The largest absolute Gasteiger partial charge is 0.392 e. The number of aliphatic hydroxyl groups excluding tert-OH is 1. The topological polar surface area (TPSA) is 20.2 Å². The van der Waals surface area contributed by atoms with Crippen LogP contribution in [0.15, 0.2) is 11.6 Å². The van der Waals surface area contributed by atoms with Crippen LogP contribution in [0.5, 0.6) is 0 Å². The molecule has 0 aliphatic heterocycles. The van der Waals surface area contributed by atoms with Crippen molar-refractivity contribution in [3.8, 4) is 0 Å². The van der Waals surface area contributed by atoms with Crippen LogP contribution in [0.2, 0.25) is 0 Å². The molecule has 4 saturated carbocycles. The van der Waals surface area contributed by atoms with E-state index in [2.05, 4.69) is 61.5 Å². The van der Waals surface area contributed by atoms with Gasteiger partial charge >= 0.3 is 0 Å². The molecule has 0 saturated heterocycles. The molecular weight excluding hydrogens is 376 g/mol. The first-order chi connectivity index (χ1) is 14.2. The van der Waals surface area contributed by atoms with Crippen molar-refractivity contribution >= 4 is 0 Å². The van der Waals surface area contributed by atoms with Gasteiger partial charge in [0.05, 0.1) is 6.10 Å². The van der Waals surface area contributed by atoms with Crippen LogP contribution >= 0.6 is 0 Å². The van der Waals surface area contributed by atoms with E-state index >= 15 is 0 Å². The zero-order chi connectivity index (χ0) is 22.7. The van der Waals surface area contributed by atoms with Crippen molar-refractivity contribution in [3.63, 3.8) is 0 Å². The second-order valence-electron chi connectivity index (χ2n) is 15.2. The van der Waals surface area contributed by atoms with Gasteiger partial charge in [-0.25, -0.2) is 0 Å². The normalized spacial score (nSPS) is 55.2. The molecule has 31 heavy (non-hydrogen) atoms. The van der Waals surface area contributed by atoms with Gasteiger partial charge in [0, 0.05) is 5.41 Å². The molecule has 8 atom stereocenters. The van der Waals surface area contributed by atoms with Crippen LogP contribution in [-0.2, 0) is 0 Å². The Morgan fingerprint density at radius 2 is 1.35 bits per heavy atom. The first-order valence-corrected chi connectivity index (χ1v) is 13.6. The number of aliphatic hydroxyl groups is 1. The fourth-order valence-corrected chi connectivity index (χ4v) is 10.4. The average molecular weight is 427 g/mol. The summed E-state index contributed by atoms with van der Waals surface area (Å²) < 4.78 is 0. The highest BCUT2D eigenvalue weighted by Crippen LogP contribution is 2.77. The number of allylic oxidation sites excluding steroid dienone is 1. The van der Waals surface area contributed by atoms with Crippen LogP contribution < -0.4 is 0 Å². The molecule has 0 radical (unpaired) electrons. The second-order valence-corrected chi connectivity index (χ2v) is 15.2. The van der Waals surface area contributed by atoms with Gasteiger partial charge in [0.15, 0.2) is 0 Å². The molecule has 0 amide bonds. The average Bonchev–Trinajstić information content (AvgIpc) is 2.68. The van der Waals surface area contributed by atoms with E-state index in [4.69, 9.17) is 0 Å². The summed E-state index contributed by atoms with van der Waals surface area (Å²) in [6.07, 6.45) is 15.9. The fourth-order valence-electron chi connectivity index (χ4n) is 10.4. The third kappa shape index (κ3) is 2.77. The smallest absolute Gasteiger partial charge is 0.0628 e. The lowest BCUT2D eigenvalue weighted by Crippen LogP contribution is -2.65. The van der Waals surface area contributed by atoms with E-state index in [9.17, 15) is 5.11 Å². The van der Waals surface area contributed by atoms with Gasteiger partial charge in [-0.1, -0.05) is 67.0 Å². The van der Waals surface area contributed by atoms with Gasteiger partial charge < -0.3 is 5.11 Å². The molecule has 0 aromatic carbocycles. The molecular formula is C30H50O. The Hall–Kier alpha value is -0.300. The van der Waals surface area contributed by atoms with Crippen LogP contribution in [0.3, 0.4) is 0 Å². The standard InChI is InChI=1S/C30H50O/c1-25(2)13-14-27(5)15-17-29(7)22-11-9-20-21(10-12-24(31)26(20,3)4)28(22,6)16-18-30(29,8)23(27)19-25/h9,21-24,31H,10-19H2,1-8H3/t21?,22?,23?,24?,27-,28+,29-,30+/m1/s1. The fraction of sp³-hybridized carbons (Fsp3) is 0.933. The van der Waals surface area contributed by atoms with Crippen molar-refractivity contribution in [2.24, 2.45) is 50.2 Å². The van der Waals surface area contributed by atoms with Crippen LogP contribution in [-0.4, -0.2) is 11.2 Å². The van der Waals surface area contributed by atoms with Crippen molar-refractivity contribution in [2.75, 3.05) is 0 Å². The van der Waals surface area contributed by atoms with E-state index in [0.29, 0.717) is 33.0 Å². The van der Waals surface area contributed by atoms with E-state index in [0.717, 1.165) is 18.3 Å². The van der Waals surface area contributed by atoms with Crippen molar-refractivity contribution in [1.82, 2.24) is 0 Å². The van der Waals surface area contributed by atoms with Crippen LogP contribution in [0.25, 0.3) is 0 Å². The molecule has 1 nitrogen and oxygen atoms in total. The van der Waals surface area contributed by atoms with E-state index in [-0.39, 0.29) is 11.5 Å². The van der Waals surface area contributed by atoms with E-state index in [1.807, 2.05) is 0 Å². The molecule has 4 fully saturated rings. The molecule has 176 valence electrons. The van der Waals surface area contributed by atoms with Gasteiger partial charge in [-0.2, -0.15) is 0 Å². The molecule has 0 spiro atoms. The number of fused-ring (bicyclic) bond motifs is 7. The molecule has 0 heterocycles. The van der Waals surface area contributed by atoms with Gasteiger partial charge in [0.1, 0.15) is 0 Å². The Kier molecular flexibility index (Phi) is 4.66. The monoisotopic (exact) mass is 426 g/mol. The van der Waals surface area contributed by atoms with E-state index in [1.54, 1.807) is 5.57 Å². The predicted molar refractivity (Wildman–Crippen MR) is 131 cm³/mol. The summed E-state index contributed by atoms with van der Waals surface area (Å²) in [5, 5.41) is 10.8. The first-order valence-electron chi connectivity index (χ1n) is 13.6. The maximum Gasteiger partial charge on any atom is 0.0628 e. The Labute approximate surface area is 192 Å². The molecule has 5 aliphatic carbocycles. The lowest BCUT2D eigenvalue weighted by molar-refractivity contribution is -0.230. The lowest BCUT2D eigenvalue weighted by atomic mass is 9.31. The zero-order valence-corrected chi connectivity index (χ0v) is 21.9. The van der Waals surface area contributed by atoms with Gasteiger partial charge in [0.2, 0.25) is 0 Å². The zero-order valence-electron chi connectivity index (χ0n) is 21.9. The number of hydrogen-bond donors (Lipinski definition) is 1. The Morgan fingerprint density at radius 3 is 2.06 bits per heavy atom. The minimum Gasteiger partial charge on any atom is -0.392 e. The van der Waals surface area contributed by atoms with Crippen molar-refractivity contribution in [2.45, 2.75) is 126 Å². The van der Waals surface area contributed by atoms with Crippen LogP contribution in [0.4, 0.5) is 0 Å². The molecule has 1 heteroatoms. The molecule has 5 aliphatic rings. The minimum atomic E-state index is -0.167. The minimum absolute atomic E-state index is 0.0446. The Balaban J connectivity index is 1.57. The molecule has 1 N–H and O–H groups in total. The Bertz CT molecular complexity index is 790. The lowest BCUT2D eigenvalue weighted by Gasteiger charge is -2.73. The number of rotatable bonds is 0. The second kappa shape index (κ2) is 6.43. The summed E-state index contributed by atoms with van der Waals surface area (Å²) in [6, 6.07) is 0. The van der Waals surface area contributed by atoms with Crippen molar-refractivity contribution in [1.29, 1.82) is 0 Å². The van der Waals surface area contributed by atoms with Crippen molar-refractivity contribution < 1.29 is 5.11 Å². The quantitative estimate of drug-likeness (QED) is 0.387. The SMILES string of the molecule is CC1(C)CC[C@]2(C)CC[C@]3(C)C4CC=C5C(CCC(O)C5(C)C)[C@]4(C)CC[C@@]3(C)C2C1. The summed E-state index contributed by atoms with van der Waals surface area (Å²) >= 11 is 0. The maximum atomic E-state index is 10.8. The van der Waals surface area contributed by atoms with Crippen molar-refractivity contribution in [3.05, 3.63) is 11.6 Å². The van der Waals surface area contributed by atoms with Gasteiger partial charge in [-0.15, -0.1) is 0 Å². The van der Waals surface area contributed by atoms with E-state index in [1.165, 1.54) is 57.8 Å². The molecule has 0 aromatic heterocycles. The maximum absolute atomic E-state index is 10.8. The first kappa shape index (κ1) is 22.5. The summed E-state index contributed by atoms with van der Waals surface area (Å²) in [7, 11) is 0. The highest BCUT2D eigenvalue weighted by Gasteiger charge is 2.69. The summed E-state index contributed by atoms with van der Waals surface area (Å²) in [4.78, 5) is 0. The third-order valence-corrected chi connectivity index (χ3v) is 13.1. The van der Waals surface area contributed by atoms with Gasteiger partial charge in [0.25, 0.3) is 0 Å². The van der Waals surface area contributed by atoms with Gasteiger partial charge in [-0.05, 0) is 109 Å². The molecule has 0 aromatic rings. The summed E-state index contributed by atoms with van der Waals surface area (Å²) in [6.45, 7) is 20.5. The van der Waals surface area contributed by atoms with Gasteiger partial charge in [-0.3, -0.25) is 0 Å². The summed E-state index contributed by atoms with van der Waals surface area (Å²) in [5.74, 6) is 2.36.